The van der Waals surface area contributed by atoms with Crippen molar-refractivity contribution in [3.63, 3.8) is 0 Å². The summed E-state index contributed by atoms with van der Waals surface area (Å²) < 4.78 is 6.06. The van der Waals surface area contributed by atoms with E-state index in [-0.39, 0.29) is 5.97 Å². The molecule has 0 bridgehead atoms. The first kappa shape index (κ1) is 26.1. The molecule has 3 heteroatoms. The van der Waals surface area contributed by atoms with Gasteiger partial charge in [0.25, 0.3) is 0 Å². The molecule has 0 aliphatic carbocycles. The maximum Gasteiger partial charge on any atom is 0.306 e. The number of rotatable bonds is 16. The molecule has 0 aromatic heterocycles. The molecule has 0 unspecified atom stereocenters. The summed E-state index contributed by atoms with van der Waals surface area (Å²) in [7, 11) is 6.28. The fourth-order valence-corrected chi connectivity index (χ4v) is 2.24. The van der Waals surface area contributed by atoms with Gasteiger partial charge in [-0.05, 0) is 44.9 Å². The number of carbonyl (C=O) groups excluding carboxylic acids is 1. The second-order valence-corrected chi connectivity index (χ2v) is 7.83. The second kappa shape index (κ2) is 18.5. The van der Waals surface area contributed by atoms with Gasteiger partial charge in [-0.2, -0.15) is 0 Å². The molecule has 0 spiro atoms. The molecule has 0 aromatic carbocycles. The van der Waals surface area contributed by atoms with Crippen molar-refractivity contribution in [3.05, 3.63) is 60.8 Å². The van der Waals surface area contributed by atoms with Crippen LogP contribution in [0.25, 0.3) is 0 Å². The minimum atomic E-state index is -0.0826. The van der Waals surface area contributed by atoms with Gasteiger partial charge in [-0.1, -0.05) is 67.7 Å². The van der Waals surface area contributed by atoms with E-state index in [0.717, 1.165) is 56.0 Å². The summed E-state index contributed by atoms with van der Waals surface area (Å²) in [5.74, 6) is -0.0826. The van der Waals surface area contributed by atoms with Gasteiger partial charge in [0, 0.05) is 6.42 Å². The Balaban J connectivity index is 3.55. The Labute approximate surface area is 173 Å². The van der Waals surface area contributed by atoms with Crippen LogP contribution in [-0.2, 0) is 9.53 Å². The molecule has 0 aliphatic rings. The van der Waals surface area contributed by atoms with Gasteiger partial charge >= 0.3 is 5.97 Å². The smallest absolute Gasteiger partial charge is 0.306 e. The zero-order valence-corrected chi connectivity index (χ0v) is 18.6. The number of carbonyl (C=O) groups is 1. The Morgan fingerprint density at radius 2 is 1.21 bits per heavy atom. The topological polar surface area (TPSA) is 26.3 Å². The van der Waals surface area contributed by atoms with Crippen LogP contribution >= 0.6 is 0 Å². The van der Waals surface area contributed by atoms with E-state index in [9.17, 15) is 4.79 Å². The molecule has 3 nitrogen and oxygen atoms in total. The maximum absolute atomic E-state index is 11.6. The highest BCUT2D eigenvalue weighted by molar-refractivity contribution is 5.69. The van der Waals surface area contributed by atoms with Crippen LogP contribution < -0.4 is 0 Å². The first-order valence-electron chi connectivity index (χ1n) is 10.7. The number of ether oxygens (including phenoxy) is 1. The molecular weight excluding hydrogens is 346 g/mol. The van der Waals surface area contributed by atoms with Gasteiger partial charge in [0.2, 0.25) is 0 Å². The van der Waals surface area contributed by atoms with E-state index in [0.29, 0.717) is 13.0 Å². The highest BCUT2D eigenvalue weighted by Gasteiger charge is 2.08. The Hall–Kier alpha value is -1.87. The predicted molar refractivity (Wildman–Crippen MR) is 122 cm³/mol. The molecule has 0 rings (SSSR count). The van der Waals surface area contributed by atoms with Gasteiger partial charge in [0.05, 0.1) is 21.1 Å². The molecule has 0 fully saturated rings. The molecule has 0 saturated heterocycles. The molecule has 158 valence electrons. The number of quaternary nitrogens is 1. The summed E-state index contributed by atoms with van der Waals surface area (Å²) in [5.41, 5.74) is 0. The fraction of sp³-hybridized carbons (Fsp3) is 0.560. The molecular formula is C25H42NO2+. The summed E-state index contributed by atoms with van der Waals surface area (Å²) in [4.78, 5) is 11.6. The van der Waals surface area contributed by atoms with Gasteiger partial charge in [-0.25, -0.2) is 0 Å². The van der Waals surface area contributed by atoms with E-state index in [4.69, 9.17) is 4.74 Å². The Kier molecular flexibility index (Phi) is 17.3. The molecule has 0 N–H and O–H groups in total. The molecule has 0 heterocycles. The third kappa shape index (κ3) is 22.2. The lowest BCUT2D eigenvalue weighted by Crippen LogP contribution is -2.37. The van der Waals surface area contributed by atoms with Crippen molar-refractivity contribution in [2.24, 2.45) is 0 Å². The van der Waals surface area contributed by atoms with Crippen LogP contribution in [0.4, 0.5) is 0 Å². The first-order chi connectivity index (χ1) is 13.5. The molecule has 0 atom stereocenters. The number of likely N-dealkylation sites (N-methyl/N-ethyl adjacent to an activating group) is 1. The summed E-state index contributed by atoms with van der Waals surface area (Å²) in [6, 6.07) is 0. The monoisotopic (exact) mass is 388 g/mol. The number of hydrogen-bond donors (Lipinski definition) is 0. The number of esters is 1. The van der Waals surface area contributed by atoms with Crippen molar-refractivity contribution in [2.75, 3.05) is 34.3 Å². The lowest BCUT2D eigenvalue weighted by molar-refractivity contribution is -0.870. The summed E-state index contributed by atoms with van der Waals surface area (Å²) >= 11 is 0. The summed E-state index contributed by atoms with van der Waals surface area (Å²) in [5, 5.41) is 0. The quantitative estimate of drug-likeness (QED) is 0.137. The van der Waals surface area contributed by atoms with E-state index in [2.05, 4.69) is 88.8 Å². The third-order valence-corrected chi connectivity index (χ3v) is 3.93. The Bertz CT molecular complexity index is 519. The van der Waals surface area contributed by atoms with Crippen molar-refractivity contribution < 1.29 is 14.0 Å². The second-order valence-electron chi connectivity index (χ2n) is 7.83. The zero-order valence-electron chi connectivity index (χ0n) is 18.6. The van der Waals surface area contributed by atoms with Crippen molar-refractivity contribution in [2.45, 2.75) is 58.3 Å². The van der Waals surface area contributed by atoms with E-state index in [1.807, 2.05) is 0 Å². The van der Waals surface area contributed by atoms with Crippen LogP contribution in [0.15, 0.2) is 60.8 Å². The zero-order chi connectivity index (χ0) is 20.9. The average molecular weight is 389 g/mol. The minimum absolute atomic E-state index is 0.0826. The van der Waals surface area contributed by atoms with Crippen molar-refractivity contribution in [1.29, 1.82) is 0 Å². The Morgan fingerprint density at radius 3 is 1.68 bits per heavy atom. The van der Waals surface area contributed by atoms with Crippen LogP contribution in [0, 0.1) is 0 Å². The van der Waals surface area contributed by atoms with Crippen LogP contribution in [0.5, 0.6) is 0 Å². The lowest BCUT2D eigenvalue weighted by atomic mass is 10.2. The largest absolute Gasteiger partial charge is 0.460 e. The number of unbranched alkanes of at least 4 members (excludes halogenated alkanes) is 1. The van der Waals surface area contributed by atoms with Crippen molar-refractivity contribution >= 4 is 5.97 Å². The SMILES string of the molecule is CC/C=C\CC=CCC=CC/C=C\C/C=C\CCCC(=O)OCC[N+](C)(C)C. The molecule has 0 saturated carbocycles. The third-order valence-electron chi connectivity index (χ3n) is 3.93. The van der Waals surface area contributed by atoms with E-state index in [1.165, 1.54) is 0 Å². The minimum Gasteiger partial charge on any atom is -0.460 e. The highest BCUT2D eigenvalue weighted by atomic mass is 16.5. The number of allylic oxidation sites excluding steroid dienone is 10. The normalized spacial score (nSPS) is 13.1. The Morgan fingerprint density at radius 1 is 0.750 bits per heavy atom. The molecule has 28 heavy (non-hydrogen) atoms. The molecule has 0 aromatic rings. The van der Waals surface area contributed by atoms with Gasteiger partial charge in [-0.3, -0.25) is 4.79 Å². The van der Waals surface area contributed by atoms with Crippen LogP contribution in [0.1, 0.15) is 58.3 Å². The molecule has 0 radical (unpaired) electrons. The molecule has 0 amide bonds. The van der Waals surface area contributed by atoms with E-state index in [1.54, 1.807) is 0 Å². The number of hydrogen-bond acceptors (Lipinski definition) is 2. The summed E-state index contributed by atoms with van der Waals surface area (Å²) in [6.45, 7) is 3.50. The van der Waals surface area contributed by atoms with Crippen LogP contribution in [-0.4, -0.2) is 44.7 Å². The van der Waals surface area contributed by atoms with Crippen LogP contribution in [0.2, 0.25) is 0 Å². The highest BCUT2D eigenvalue weighted by Crippen LogP contribution is 2.01. The average Bonchev–Trinajstić information content (AvgIpc) is 2.63. The first-order valence-corrected chi connectivity index (χ1v) is 10.7. The van der Waals surface area contributed by atoms with E-state index < -0.39 is 0 Å². The van der Waals surface area contributed by atoms with Crippen LogP contribution in [0.3, 0.4) is 0 Å². The molecule has 0 aliphatic heterocycles. The van der Waals surface area contributed by atoms with E-state index >= 15 is 0 Å². The van der Waals surface area contributed by atoms with Gasteiger partial charge < -0.3 is 9.22 Å². The number of nitrogens with zero attached hydrogens (tertiary/aromatic N) is 1. The maximum atomic E-state index is 11.6. The van der Waals surface area contributed by atoms with Crippen molar-refractivity contribution in [3.8, 4) is 0 Å². The van der Waals surface area contributed by atoms with Gasteiger partial charge in [-0.15, -0.1) is 0 Å². The fourth-order valence-electron chi connectivity index (χ4n) is 2.24. The summed E-state index contributed by atoms with van der Waals surface area (Å²) in [6.07, 6.45) is 29.3. The van der Waals surface area contributed by atoms with Crippen molar-refractivity contribution in [1.82, 2.24) is 0 Å². The van der Waals surface area contributed by atoms with Gasteiger partial charge in [0.1, 0.15) is 13.2 Å². The lowest BCUT2D eigenvalue weighted by Gasteiger charge is -2.23. The standard InChI is InChI=1S/C25H42NO2/c1-5-6-7-8-9-10-11-12-13-14-15-16-17-18-19-20-21-22-25(27)28-24-23-26(2,3)4/h6-7,9-10,12-13,15-16,18-19H,5,8,11,14,17,20-24H2,1-4H3/q+1/b7-6-,10-9?,13-12?,16-15-,19-18-. The predicted octanol–water partition coefficient (Wildman–Crippen LogP) is 6.16. The van der Waals surface area contributed by atoms with Gasteiger partial charge in [0.15, 0.2) is 0 Å².